The van der Waals surface area contributed by atoms with E-state index in [1.165, 1.54) is 0 Å². The van der Waals surface area contributed by atoms with Crippen LogP contribution in [-0.4, -0.2) is 11.5 Å². The smallest absolute Gasteiger partial charge is 0.0858 e. The van der Waals surface area contributed by atoms with E-state index in [1.54, 1.807) is 6.20 Å². The lowest BCUT2D eigenvalue weighted by Gasteiger charge is -1.97. The molecule has 0 aliphatic carbocycles. The van der Waals surface area contributed by atoms with Gasteiger partial charge in [0.25, 0.3) is 0 Å². The normalized spacial score (nSPS) is 9.50. The van der Waals surface area contributed by atoms with Gasteiger partial charge in [0, 0.05) is 11.6 Å². The van der Waals surface area contributed by atoms with E-state index < -0.39 is 0 Å². The van der Waals surface area contributed by atoms with Gasteiger partial charge in [0.2, 0.25) is 0 Å². The van der Waals surface area contributed by atoms with Crippen LogP contribution in [0.1, 0.15) is 5.56 Å². The summed E-state index contributed by atoms with van der Waals surface area (Å²) in [6, 6.07) is 9.90. The molecule has 0 aliphatic rings. The van der Waals surface area contributed by atoms with Crippen molar-refractivity contribution in [1.29, 1.82) is 0 Å². The van der Waals surface area contributed by atoms with Gasteiger partial charge < -0.3 is 5.73 Å². The van der Waals surface area contributed by atoms with Crippen LogP contribution < -0.4 is 5.73 Å². The quantitative estimate of drug-likeness (QED) is 0.628. The second kappa shape index (κ2) is 3.91. The Labute approximate surface area is 82.8 Å². The minimum atomic E-state index is 0.378. The van der Waals surface area contributed by atoms with Crippen LogP contribution >= 0.6 is 0 Å². The molecule has 14 heavy (non-hydrogen) atoms. The predicted molar refractivity (Wildman–Crippen MR) is 57.7 cm³/mol. The number of aromatic nitrogens is 1. The molecule has 0 bridgehead atoms. The molecule has 0 fully saturated rings. The van der Waals surface area contributed by atoms with Gasteiger partial charge in [-0.1, -0.05) is 30.0 Å². The number of benzene rings is 1. The first-order chi connectivity index (χ1) is 6.92. The fourth-order valence-electron chi connectivity index (χ4n) is 1.35. The van der Waals surface area contributed by atoms with Crippen LogP contribution in [0.3, 0.4) is 0 Å². The van der Waals surface area contributed by atoms with Crippen molar-refractivity contribution in [2.24, 2.45) is 5.73 Å². The third-order valence-corrected chi connectivity index (χ3v) is 1.96. The fraction of sp³-hybridized carbons (Fsp3) is 0.0833. The summed E-state index contributed by atoms with van der Waals surface area (Å²) in [5.41, 5.74) is 7.21. The minimum Gasteiger partial charge on any atom is -0.320 e. The predicted octanol–water partition coefficient (Wildman–Crippen LogP) is 1.54. The van der Waals surface area contributed by atoms with Gasteiger partial charge in [-0.25, -0.2) is 0 Å². The van der Waals surface area contributed by atoms with Gasteiger partial charge in [-0.2, -0.15) is 0 Å². The maximum Gasteiger partial charge on any atom is 0.0858 e. The van der Waals surface area contributed by atoms with E-state index in [4.69, 9.17) is 5.73 Å². The summed E-state index contributed by atoms with van der Waals surface area (Å²) in [7, 11) is 0. The average molecular weight is 182 g/mol. The third kappa shape index (κ3) is 1.59. The molecule has 1 aromatic carbocycles. The van der Waals surface area contributed by atoms with Crippen molar-refractivity contribution in [1.82, 2.24) is 4.98 Å². The van der Waals surface area contributed by atoms with E-state index >= 15 is 0 Å². The van der Waals surface area contributed by atoms with Crippen molar-refractivity contribution in [2.45, 2.75) is 0 Å². The molecule has 2 rings (SSSR count). The number of hydrogen-bond acceptors (Lipinski definition) is 2. The highest BCUT2D eigenvalue weighted by atomic mass is 14.6. The van der Waals surface area contributed by atoms with E-state index in [1.807, 2.05) is 30.3 Å². The lowest BCUT2D eigenvalue weighted by atomic mass is 10.1. The Bertz CT molecular complexity index is 501. The van der Waals surface area contributed by atoms with Crippen molar-refractivity contribution < 1.29 is 0 Å². The summed E-state index contributed by atoms with van der Waals surface area (Å²) in [6.45, 7) is 0.378. The minimum absolute atomic E-state index is 0.378. The maximum absolute atomic E-state index is 5.33. The highest BCUT2D eigenvalue weighted by Gasteiger charge is 1.96. The Balaban J connectivity index is 2.65. The Hall–Kier alpha value is -1.85. The molecule has 68 valence electrons. The molecule has 2 heteroatoms. The molecule has 0 unspecified atom stereocenters. The number of nitrogens with two attached hydrogens (primary N) is 1. The van der Waals surface area contributed by atoms with Crippen molar-refractivity contribution in [3.05, 3.63) is 42.1 Å². The average Bonchev–Trinajstić information content (AvgIpc) is 2.26. The molecule has 0 spiro atoms. The van der Waals surface area contributed by atoms with Crippen molar-refractivity contribution in [3.8, 4) is 11.8 Å². The molecule has 2 N–H and O–H groups in total. The summed E-state index contributed by atoms with van der Waals surface area (Å²) in [4.78, 5) is 4.29. The molecule has 0 saturated carbocycles. The number of hydrogen-bond donors (Lipinski definition) is 1. The number of nitrogens with zero attached hydrogens (tertiary/aromatic N) is 1. The van der Waals surface area contributed by atoms with Gasteiger partial charge in [0.05, 0.1) is 17.6 Å². The van der Waals surface area contributed by atoms with E-state index in [9.17, 15) is 0 Å². The molecule has 0 radical (unpaired) electrons. The van der Waals surface area contributed by atoms with Crippen LogP contribution in [0.2, 0.25) is 0 Å². The topological polar surface area (TPSA) is 38.9 Å². The zero-order valence-electron chi connectivity index (χ0n) is 7.70. The first-order valence-electron chi connectivity index (χ1n) is 4.44. The second-order valence-electron chi connectivity index (χ2n) is 2.89. The van der Waals surface area contributed by atoms with Crippen LogP contribution in [0.5, 0.6) is 0 Å². The monoisotopic (exact) mass is 182 g/mol. The molecule has 0 aliphatic heterocycles. The Morgan fingerprint density at radius 1 is 1.21 bits per heavy atom. The first-order valence-corrected chi connectivity index (χ1v) is 4.44. The summed E-state index contributed by atoms with van der Waals surface area (Å²) in [6.07, 6.45) is 1.77. The van der Waals surface area contributed by atoms with Gasteiger partial charge in [-0.15, -0.1) is 0 Å². The molecule has 2 nitrogen and oxygen atoms in total. The third-order valence-electron chi connectivity index (χ3n) is 1.96. The van der Waals surface area contributed by atoms with Crippen LogP contribution in [0.4, 0.5) is 0 Å². The van der Waals surface area contributed by atoms with Crippen LogP contribution in [0.25, 0.3) is 10.9 Å². The lowest BCUT2D eigenvalue weighted by molar-refractivity contribution is 1.30. The zero-order valence-corrected chi connectivity index (χ0v) is 7.70. The van der Waals surface area contributed by atoms with E-state index in [0.29, 0.717) is 6.54 Å². The number of pyridine rings is 1. The van der Waals surface area contributed by atoms with Gasteiger partial charge >= 0.3 is 0 Å². The van der Waals surface area contributed by atoms with Gasteiger partial charge in [0.1, 0.15) is 0 Å². The lowest BCUT2D eigenvalue weighted by Crippen LogP contribution is -1.93. The number of para-hydroxylation sites is 1. The summed E-state index contributed by atoms with van der Waals surface area (Å²) < 4.78 is 0. The van der Waals surface area contributed by atoms with Gasteiger partial charge in [-0.05, 0) is 12.1 Å². The van der Waals surface area contributed by atoms with Crippen LogP contribution in [0, 0.1) is 11.8 Å². The Morgan fingerprint density at radius 2 is 2.07 bits per heavy atom. The molecule has 0 amide bonds. The van der Waals surface area contributed by atoms with Gasteiger partial charge in [-0.3, -0.25) is 4.98 Å². The number of rotatable bonds is 0. The Morgan fingerprint density at radius 3 is 2.93 bits per heavy atom. The molecule has 1 aromatic heterocycles. The van der Waals surface area contributed by atoms with Gasteiger partial charge in [0.15, 0.2) is 0 Å². The van der Waals surface area contributed by atoms with E-state index in [2.05, 4.69) is 16.8 Å². The summed E-state index contributed by atoms with van der Waals surface area (Å²) >= 11 is 0. The van der Waals surface area contributed by atoms with Crippen LogP contribution in [-0.2, 0) is 0 Å². The maximum atomic E-state index is 5.33. The second-order valence-corrected chi connectivity index (χ2v) is 2.89. The Kier molecular flexibility index (Phi) is 2.44. The zero-order chi connectivity index (χ0) is 9.80. The first kappa shape index (κ1) is 8.74. The highest BCUT2D eigenvalue weighted by molar-refractivity contribution is 5.84. The molecule has 2 aromatic rings. The van der Waals surface area contributed by atoms with E-state index in [-0.39, 0.29) is 0 Å². The highest BCUT2D eigenvalue weighted by Crippen LogP contribution is 2.14. The molecular formula is C12H10N2. The molecule has 0 atom stereocenters. The standard InChI is InChI=1S/C12H10N2/c13-8-2-6-10-4-1-5-11-7-3-9-14-12(10)11/h1,3-5,7,9H,8,13H2. The fourth-order valence-corrected chi connectivity index (χ4v) is 1.35. The van der Waals surface area contributed by atoms with Crippen molar-refractivity contribution in [2.75, 3.05) is 6.54 Å². The van der Waals surface area contributed by atoms with Crippen molar-refractivity contribution in [3.63, 3.8) is 0 Å². The molecule has 0 saturated heterocycles. The summed E-state index contributed by atoms with van der Waals surface area (Å²) in [5.74, 6) is 5.84. The molecular weight excluding hydrogens is 172 g/mol. The van der Waals surface area contributed by atoms with Crippen molar-refractivity contribution >= 4 is 10.9 Å². The van der Waals surface area contributed by atoms with Crippen LogP contribution in [0.15, 0.2) is 36.5 Å². The SMILES string of the molecule is NCC#Cc1cccc2cccnc12. The summed E-state index contributed by atoms with van der Waals surface area (Å²) in [5, 5.41) is 1.11. The molecule has 1 heterocycles. The van der Waals surface area contributed by atoms with E-state index in [0.717, 1.165) is 16.5 Å². The number of fused-ring (bicyclic) bond motifs is 1. The largest absolute Gasteiger partial charge is 0.320 e.